The van der Waals surface area contributed by atoms with Gasteiger partial charge in [-0.05, 0) is 18.8 Å². The van der Waals surface area contributed by atoms with Crippen molar-refractivity contribution in [3.05, 3.63) is 21.5 Å². The Labute approximate surface area is 125 Å². The van der Waals surface area contributed by atoms with Gasteiger partial charge in [0.25, 0.3) is 5.91 Å². The number of nitro groups is 1. The molecular weight excluding hydrogens is 296 g/mol. The number of carbonyl (C=O) groups is 2. The predicted molar refractivity (Wildman–Crippen MR) is 72.3 cm³/mol. The molecule has 1 aliphatic carbocycles. The van der Waals surface area contributed by atoms with E-state index in [1.165, 1.54) is 0 Å². The first-order valence-corrected chi connectivity index (χ1v) is 6.66. The number of nitrogens with two attached hydrogens (primary N) is 1. The number of primary amides is 1. The number of amides is 1. The summed E-state index contributed by atoms with van der Waals surface area (Å²) in [6.45, 7) is 0.873. The molecule has 0 aliphatic heterocycles. The Bertz CT molecular complexity index is 607. The Kier molecular flexibility index (Phi) is 4.71. The maximum absolute atomic E-state index is 11.6. The van der Waals surface area contributed by atoms with Gasteiger partial charge >= 0.3 is 11.7 Å². The van der Waals surface area contributed by atoms with Crippen LogP contribution < -0.4 is 5.73 Å². The van der Waals surface area contributed by atoms with Crippen LogP contribution in [-0.2, 0) is 16.0 Å². The summed E-state index contributed by atoms with van der Waals surface area (Å²) >= 11 is 0. The van der Waals surface area contributed by atoms with Crippen molar-refractivity contribution >= 4 is 17.6 Å². The molecule has 1 heterocycles. The zero-order valence-corrected chi connectivity index (χ0v) is 12.0. The zero-order chi connectivity index (χ0) is 16.3. The number of hydrogen-bond acceptors (Lipinski definition) is 7. The minimum atomic E-state index is -1.04. The summed E-state index contributed by atoms with van der Waals surface area (Å²) in [7, 11) is 1.06. The molecule has 0 radical (unpaired) electrons. The number of rotatable bonds is 8. The summed E-state index contributed by atoms with van der Waals surface area (Å²) in [4.78, 5) is 33.3. The van der Waals surface area contributed by atoms with Crippen molar-refractivity contribution in [1.82, 2.24) is 9.78 Å². The van der Waals surface area contributed by atoms with Crippen molar-refractivity contribution in [2.45, 2.75) is 19.4 Å². The van der Waals surface area contributed by atoms with Gasteiger partial charge in [0.15, 0.2) is 0 Å². The fourth-order valence-electron chi connectivity index (χ4n) is 1.95. The predicted octanol–water partition coefficient (Wildman–Crippen LogP) is 0.103. The van der Waals surface area contributed by atoms with E-state index in [4.69, 9.17) is 10.5 Å². The Balaban J connectivity index is 2.23. The minimum Gasteiger partial charge on any atom is -0.464 e. The van der Waals surface area contributed by atoms with Crippen LogP contribution in [0.1, 0.15) is 33.8 Å². The average molecular weight is 312 g/mol. The molecule has 2 N–H and O–H groups in total. The normalized spacial score (nSPS) is 13.9. The zero-order valence-electron chi connectivity index (χ0n) is 12.0. The standard InChI is InChI=1S/C12H16N4O6/c1-21-12(18)8-9(16(19)20)10(11(13)17)15(14-8)4-5-22-6-7-2-3-7/h7H,2-6H2,1H3,(H2,13,17). The van der Waals surface area contributed by atoms with E-state index in [1.807, 2.05) is 0 Å². The average Bonchev–Trinajstić information content (AvgIpc) is 3.20. The second-order valence-corrected chi connectivity index (χ2v) is 4.90. The molecule has 10 heteroatoms. The molecule has 22 heavy (non-hydrogen) atoms. The highest BCUT2D eigenvalue weighted by atomic mass is 16.6. The van der Waals surface area contributed by atoms with Gasteiger partial charge < -0.3 is 15.2 Å². The van der Waals surface area contributed by atoms with Gasteiger partial charge in [0.1, 0.15) is 0 Å². The second kappa shape index (κ2) is 6.52. The molecule has 1 aliphatic rings. The molecule has 1 aromatic heterocycles. The second-order valence-electron chi connectivity index (χ2n) is 4.90. The highest BCUT2D eigenvalue weighted by molar-refractivity contribution is 6.01. The third-order valence-electron chi connectivity index (χ3n) is 3.22. The van der Waals surface area contributed by atoms with Crippen molar-refractivity contribution in [1.29, 1.82) is 0 Å². The highest BCUT2D eigenvalue weighted by Crippen LogP contribution is 2.29. The Morgan fingerprint density at radius 3 is 2.68 bits per heavy atom. The monoisotopic (exact) mass is 312 g/mol. The van der Waals surface area contributed by atoms with E-state index in [0.29, 0.717) is 12.5 Å². The maximum atomic E-state index is 11.6. The largest absolute Gasteiger partial charge is 0.464 e. The van der Waals surface area contributed by atoms with E-state index in [9.17, 15) is 19.7 Å². The number of carbonyl (C=O) groups excluding carboxylic acids is 2. The third-order valence-corrected chi connectivity index (χ3v) is 3.22. The van der Waals surface area contributed by atoms with Crippen LogP contribution >= 0.6 is 0 Å². The first-order valence-electron chi connectivity index (χ1n) is 6.66. The molecule has 1 aromatic rings. The van der Waals surface area contributed by atoms with Gasteiger partial charge in [-0.3, -0.25) is 19.6 Å². The molecule has 2 rings (SSSR count). The quantitative estimate of drug-likeness (QED) is 0.311. The molecule has 1 fully saturated rings. The lowest BCUT2D eigenvalue weighted by molar-refractivity contribution is -0.385. The molecule has 0 bridgehead atoms. The fraction of sp³-hybridized carbons (Fsp3) is 0.583. The molecule has 1 saturated carbocycles. The van der Waals surface area contributed by atoms with Crippen LogP contribution in [0.4, 0.5) is 5.69 Å². The lowest BCUT2D eigenvalue weighted by Gasteiger charge is -2.05. The first-order chi connectivity index (χ1) is 10.5. The smallest absolute Gasteiger partial charge is 0.365 e. The molecule has 120 valence electrons. The van der Waals surface area contributed by atoms with Crippen LogP contribution in [0.25, 0.3) is 0 Å². The molecule has 0 atom stereocenters. The lowest BCUT2D eigenvalue weighted by atomic mass is 10.2. The van der Waals surface area contributed by atoms with Crippen molar-refractivity contribution < 1.29 is 24.0 Å². The topological polar surface area (TPSA) is 140 Å². The lowest BCUT2D eigenvalue weighted by Crippen LogP contribution is -2.20. The van der Waals surface area contributed by atoms with E-state index < -0.39 is 33.9 Å². The number of aromatic nitrogens is 2. The van der Waals surface area contributed by atoms with Gasteiger partial charge in [0.2, 0.25) is 11.4 Å². The highest BCUT2D eigenvalue weighted by Gasteiger charge is 2.35. The Hall–Kier alpha value is -2.49. The van der Waals surface area contributed by atoms with Crippen LogP contribution in [-0.4, -0.2) is 46.9 Å². The van der Waals surface area contributed by atoms with Crippen molar-refractivity contribution in [3.63, 3.8) is 0 Å². The number of ether oxygens (including phenoxy) is 2. The SMILES string of the molecule is COC(=O)c1nn(CCOCC2CC2)c(C(N)=O)c1[N+](=O)[O-]. The van der Waals surface area contributed by atoms with Crippen LogP contribution in [0.5, 0.6) is 0 Å². The first kappa shape index (κ1) is 15.9. The van der Waals surface area contributed by atoms with Gasteiger partial charge in [0.05, 0.1) is 25.2 Å². The van der Waals surface area contributed by atoms with Gasteiger partial charge in [0, 0.05) is 6.61 Å². The summed E-state index contributed by atoms with van der Waals surface area (Å²) in [6.07, 6.45) is 2.26. The van der Waals surface area contributed by atoms with E-state index >= 15 is 0 Å². The summed E-state index contributed by atoms with van der Waals surface area (Å²) in [5.74, 6) is -1.49. The van der Waals surface area contributed by atoms with Gasteiger partial charge in [-0.1, -0.05) is 0 Å². The van der Waals surface area contributed by atoms with Crippen LogP contribution in [0, 0.1) is 16.0 Å². The summed E-state index contributed by atoms with van der Waals surface area (Å²) in [5, 5.41) is 14.9. The van der Waals surface area contributed by atoms with Gasteiger partial charge in [-0.2, -0.15) is 5.10 Å². The Morgan fingerprint density at radius 1 is 1.50 bits per heavy atom. The maximum Gasteiger partial charge on any atom is 0.365 e. The van der Waals surface area contributed by atoms with E-state index in [-0.39, 0.29) is 13.2 Å². The van der Waals surface area contributed by atoms with E-state index in [1.54, 1.807) is 0 Å². The number of hydrogen-bond donors (Lipinski definition) is 1. The minimum absolute atomic E-state index is 0.0722. The Morgan fingerprint density at radius 2 is 2.18 bits per heavy atom. The van der Waals surface area contributed by atoms with Crippen LogP contribution in [0.15, 0.2) is 0 Å². The third kappa shape index (κ3) is 3.39. The molecule has 0 saturated heterocycles. The van der Waals surface area contributed by atoms with Crippen molar-refractivity contribution in [3.8, 4) is 0 Å². The summed E-state index contributed by atoms with van der Waals surface area (Å²) in [6, 6.07) is 0. The molecule has 0 spiro atoms. The molecule has 1 amide bonds. The number of methoxy groups -OCH3 is 1. The summed E-state index contributed by atoms with van der Waals surface area (Å²) in [5.41, 5.74) is 3.43. The van der Waals surface area contributed by atoms with E-state index in [0.717, 1.165) is 24.6 Å². The van der Waals surface area contributed by atoms with Crippen molar-refractivity contribution in [2.75, 3.05) is 20.3 Å². The van der Waals surface area contributed by atoms with Crippen molar-refractivity contribution in [2.24, 2.45) is 11.7 Å². The van der Waals surface area contributed by atoms with Crippen LogP contribution in [0.2, 0.25) is 0 Å². The van der Waals surface area contributed by atoms with Gasteiger partial charge in [-0.25, -0.2) is 4.79 Å². The molecule has 0 unspecified atom stereocenters. The molecular formula is C12H16N4O6. The molecule has 0 aromatic carbocycles. The van der Waals surface area contributed by atoms with E-state index in [2.05, 4.69) is 9.84 Å². The number of esters is 1. The summed E-state index contributed by atoms with van der Waals surface area (Å²) < 4.78 is 10.8. The molecule has 10 nitrogen and oxygen atoms in total. The van der Waals surface area contributed by atoms with Crippen LogP contribution in [0.3, 0.4) is 0 Å². The van der Waals surface area contributed by atoms with Gasteiger partial charge in [-0.15, -0.1) is 0 Å². The number of nitrogens with zero attached hydrogens (tertiary/aromatic N) is 3. The fourth-order valence-corrected chi connectivity index (χ4v) is 1.95.